The number of hydrogen-bond donors (Lipinski definition) is 2. The fraction of sp³-hybridized carbons (Fsp3) is 0.600. The van der Waals surface area contributed by atoms with Crippen LogP contribution in [0.2, 0.25) is 0 Å². The largest absolute Gasteiger partial charge is 0.477 e. The number of rotatable bonds is 3. The van der Waals surface area contributed by atoms with Crippen LogP contribution in [-0.2, 0) is 4.79 Å². The molecule has 3 aliphatic rings. The molecule has 1 aromatic heterocycles. The maximum atomic E-state index is 12.3. The van der Waals surface area contributed by atoms with Crippen molar-refractivity contribution in [1.29, 1.82) is 0 Å². The molecule has 0 aromatic carbocycles. The SMILES string of the molecule is Cc1cc(NC(=O)C2C3C4CCC(C4)C23)sc1C(=O)O. The molecule has 1 aromatic rings. The number of carbonyl (C=O) groups excluding carboxylic acids is 1. The Morgan fingerprint density at radius 2 is 1.95 bits per heavy atom. The maximum Gasteiger partial charge on any atom is 0.346 e. The molecule has 106 valence electrons. The van der Waals surface area contributed by atoms with E-state index in [1.165, 1.54) is 19.3 Å². The van der Waals surface area contributed by atoms with E-state index in [0.717, 1.165) is 23.2 Å². The Labute approximate surface area is 121 Å². The van der Waals surface area contributed by atoms with Crippen molar-refractivity contribution >= 4 is 28.2 Å². The van der Waals surface area contributed by atoms with Crippen LogP contribution in [0.4, 0.5) is 5.00 Å². The number of carbonyl (C=O) groups is 2. The molecule has 3 saturated carbocycles. The molecule has 4 unspecified atom stereocenters. The van der Waals surface area contributed by atoms with E-state index in [1.807, 2.05) is 0 Å². The number of aryl methyl sites for hydroxylation is 1. The summed E-state index contributed by atoms with van der Waals surface area (Å²) in [6.45, 7) is 1.77. The molecule has 1 amide bonds. The van der Waals surface area contributed by atoms with Gasteiger partial charge in [-0.2, -0.15) is 0 Å². The average molecular weight is 291 g/mol. The zero-order valence-electron chi connectivity index (χ0n) is 11.3. The van der Waals surface area contributed by atoms with Gasteiger partial charge in [0.2, 0.25) is 5.91 Å². The second-order valence-electron chi connectivity index (χ2n) is 6.43. The van der Waals surface area contributed by atoms with Gasteiger partial charge in [0.05, 0.1) is 5.00 Å². The lowest BCUT2D eigenvalue weighted by atomic mass is 10.0. The molecule has 4 rings (SSSR count). The van der Waals surface area contributed by atoms with Gasteiger partial charge in [-0.25, -0.2) is 4.79 Å². The Balaban J connectivity index is 1.47. The number of carboxylic acids is 1. The van der Waals surface area contributed by atoms with Crippen LogP contribution in [-0.4, -0.2) is 17.0 Å². The molecular formula is C15H17NO3S. The highest BCUT2D eigenvalue weighted by molar-refractivity contribution is 7.18. The summed E-state index contributed by atoms with van der Waals surface area (Å²) in [6, 6.07) is 1.76. The van der Waals surface area contributed by atoms with Crippen LogP contribution in [0.15, 0.2) is 6.07 Å². The minimum atomic E-state index is -0.922. The van der Waals surface area contributed by atoms with Crippen molar-refractivity contribution in [3.05, 3.63) is 16.5 Å². The van der Waals surface area contributed by atoms with E-state index >= 15 is 0 Å². The molecule has 5 heteroatoms. The van der Waals surface area contributed by atoms with Gasteiger partial charge in [0, 0.05) is 5.92 Å². The monoisotopic (exact) mass is 291 g/mol. The van der Waals surface area contributed by atoms with Crippen molar-refractivity contribution in [2.45, 2.75) is 26.2 Å². The first-order valence-corrected chi connectivity index (χ1v) is 8.02. The molecule has 0 saturated heterocycles. The van der Waals surface area contributed by atoms with Gasteiger partial charge in [0.1, 0.15) is 4.88 Å². The first-order chi connectivity index (χ1) is 9.56. The van der Waals surface area contributed by atoms with Gasteiger partial charge in [-0.05, 0) is 61.5 Å². The topological polar surface area (TPSA) is 66.4 Å². The number of amides is 1. The minimum Gasteiger partial charge on any atom is -0.477 e. The lowest BCUT2D eigenvalue weighted by molar-refractivity contribution is -0.118. The molecule has 20 heavy (non-hydrogen) atoms. The summed E-state index contributed by atoms with van der Waals surface area (Å²) in [5.41, 5.74) is 0.717. The Morgan fingerprint density at radius 1 is 1.30 bits per heavy atom. The van der Waals surface area contributed by atoms with Crippen LogP contribution in [0, 0.1) is 36.5 Å². The highest BCUT2D eigenvalue weighted by atomic mass is 32.1. The van der Waals surface area contributed by atoms with Crippen molar-refractivity contribution in [2.75, 3.05) is 5.32 Å². The first-order valence-electron chi connectivity index (χ1n) is 7.21. The second-order valence-corrected chi connectivity index (χ2v) is 7.48. The molecule has 3 aliphatic carbocycles. The third-order valence-corrected chi connectivity index (χ3v) is 6.54. The zero-order valence-corrected chi connectivity index (χ0v) is 12.1. The number of anilines is 1. The number of aromatic carboxylic acids is 1. The fourth-order valence-corrected chi connectivity index (χ4v) is 5.55. The number of nitrogens with one attached hydrogen (secondary N) is 1. The van der Waals surface area contributed by atoms with Crippen LogP contribution in [0.3, 0.4) is 0 Å². The molecule has 4 atom stereocenters. The van der Waals surface area contributed by atoms with Crippen LogP contribution in [0.1, 0.15) is 34.5 Å². The molecule has 3 fully saturated rings. The Hall–Kier alpha value is -1.36. The van der Waals surface area contributed by atoms with Crippen molar-refractivity contribution in [1.82, 2.24) is 0 Å². The van der Waals surface area contributed by atoms with E-state index in [9.17, 15) is 9.59 Å². The van der Waals surface area contributed by atoms with Gasteiger partial charge in [-0.1, -0.05) is 0 Å². The number of fused-ring (bicyclic) bond motifs is 5. The van der Waals surface area contributed by atoms with E-state index in [0.29, 0.717) is 27.3 Å². The van der Waals surface area contributed by atoms with Crippen LogP contribution in [0.5, 0.6) is 0 Å². The quantitative estimate of drug-likeness (QED) is 0.899. The molecule has 0 aliphatic heterocycles. The Morgan fingerprint density at radius 3 is 2.50 bits per heavy atom. The summed E-state index contributed by atoms with van der Waals surface area (Å²) in [5.74, 6) is 2.17. The molecule has 2 N–H and O–H groups in total. The van der Waals surface area contributed by atoms with E-state index in [4.69, 9.17) is 5.11 Å². The highest BCUT2D eigenvalue weighted by Crippen LogP contribution is 2.69. The lowest BCUT2D eigenvalue weighted by Crippen LogP contribution is -2.17. The van der Waals surface area contributed by atoms with Gasteiger partial charge < -0.3 is 10.4 Å². The summed E-state index contributed by atoms with van der Waals surface area (Å²) in [6.07, 6.45) is 3.94. The second kappa shape index (κ2) is 4.07. The van der Waals surface area contributed by atoms with E-state index < -0.39 is 5.97 Å². The van der Waals surface area contributed by atoms with Gasteiger partial charge in [0.25, 0.3) is 0 Å². The summed E-state index contributed by atoms with van der Waals surface area (Å²) in [7, 11) is 0. The van der Waals surface area contributed by atoms with Crippen LogP contribution < -0.4 is 5.32 Å². The number of hydrogen-bond acceptors (Lipinski definition) is 3. The number of carboxylic acid groups (broad SMARTS) is 1. The summed E-state index contributed by atoms with van der Waals surface area (Å²) >= 11 is 1.15. The first kappa shape index (κ1) is 12.4. The standard InChI is InChI=1S/C15H17NO3S/c1-6-4-9(20-13(6)15(18)19)16-14(17)12-10-7-2-3-8(5-7)11(10)12/h4,7-8,10-12H,2-3,5H2,1H3,(H,16,17)(H,18,19). The predicted molar refractivity (Wildman–Crippen MR) is 75.9 cm³/mol. The zero-order chi connectivity index (χ0) is 14.0. The average Bonchev–Trinajstić information content (AvgIpc) is 2.71. The maximum absolute atomic E-state index is 12.3. The van der Waals surface area contributed by atoms with Crippen molar-refractivity contribution in [3.63, 3.8) is 0 Å². The third kappa shape index (κ3) is 1.65. The molecule has 1 heterocycles. The van der Waals surface area contributed by atoms with E-state index in [2.05, 4.69) is 5.32 Å². The summed E-state index contributed by atoms with van der Waals surface area (Å²) < 4.78 is 0. The summed E-state index contributed by atoms with van der Waals surface area (Å²) in [5, 5.41) is 12.6. The van der Waals surface area contributed by atoms with Crippen molar-refractivity contribution in [3.8, 4) is 0 Å². The van der Waals surface area contributed by atoms with Crippen LogP contribution >= 0.6 is 11.3 Å². The van der Waals surface area contributed by atoms with Crippen molar-refractivity contribution < 1.29 is 14.7 Å². The third-order valence-electron chi connectivity index (χ3n) is 5.40. The fourth-order valence-electron chi connectivity index (χ4n) is 4.64. The van der Waals surface area contributed by atoms with Gasteiger partial charge >= 0.3 is 5.97 Å². The Kier molecular flexibility index (Phi) is 2.52. The minimum absolute atomic E-state index is 0.106. The van der Waals surface area contributed by atoms with Crippen molar-refractivity contribution in [2.24, 2.45) is 29.6 Å². The van der Waals surface area contributed by atoms with E-state index in [-0.39, 0.29) is 11.8 Å². The molecule has 0 radical (unpaired) electrons. The van der Waals surface area contributed by atoms with Gasteiger partial charge in [0.15, 0.2) is 0 Å². The Bertz CT molecular complexity index is 592. The lowest BCUT2D eigenvalue weighted by Gasteiger charge is -2.08. The molecule has 2 bridgehead atoms. The summed E-state index contributed by atoms with van der Waals surface area (Å²) in [4.78, 5) is 23.7. The van der Waals surface area contributed by atoms with Gasteiger partial charge in [-0.3, -0.25) is 4.79 Å². The van der Waals surface area contributed by atoms with E-state index in [1.54, 1.807) is 13.0 Å². The molecular weight excluding hydrogens is 274 g/mol. The molecule has 4 nitrogen and oxygen atoms in total. The smallest absolute Gasteiger partial charge is 0.346 e. The molecule has 0 spiro atoms. The highest BCUT2D eigenvalue weighted by Gasteiger charge is 2.67. The van der Waals surface area contributed by atoms with Crippen LogP contribution in [0.25, 0.3) is 0 Å². The predicted octanol–water partition coefficient (Wildman–Crippen LogP) is 2.99. The normalized spacial score (nSPS) is 36.8. The number of thiophene rings is 1. The van der Waals surface area contributed by atoms with Gasteiger partial charge in [-0.15, -0.1) is 11.3 Å².